The Morgan fingerprint density at radius 1 is 1.15 bits per heavy atom. The van der Waals surface area contributed by atoms with E-state index in [0.29, 0.717) is 18.9 Å². The molecular formula is C20H34ClN3O2. The molecule has 2 unspecified atom stereocenters. The predicted molar refractivity (Wildman–Crippen MR) is 109 cm³/mol. The summed E-state index contributed by atoms with van der Waals surface area (Å²) in [7, 11) is 1.78. The van der Waals surface area contributed by atoms with Gasteiger partial charge in [-0.1, -0.05) is 57.5 Å². The van der Waals surface area contributed by atoms with Crippen molar-refractivity contribution in [3.05, 3.63) is 35.9 Å². The fourth-order valence-electron chi connectivity index (χ4n) is 2.62. The van der Waals surface area contributed by atoms with Crippen LogP contribution in [0.25, 0.3) is 0 Å². The fraction of sp³-hybridized carbons (Fsp3) is 0.600. The number of hydrogen-bond donors (Lipinski definition) is 2. The maximum absolute atomic E-state index is 12.7. The lowest BCUT2D eigenvalue weighted by molar-refractivity contribution is -0.135. The van der Waals surface area contributed by atoms with E-state index in [-0.39, 0.29) is 36.7 Å². The van der Waals surface area contributed by atoms with Crippen molar-refractivity contribution in [1.82, 2.24) is 10.2 Å². The summed E-state index contributed by atoms with van der Waals surface area (Å²) in [4.78, 5) is 26.6. The SMILES string of the molecule is CCCC(NC(=O)Cc1ccccc1)C(=O)N(C)CCC(N)C(C)C.Cl. The van der Waals surface area contributed by atoms with E-state index in [2.05, 4.69) is 19.2 Å². The van der Waals surface area contributed by atoms with Crippen LogP contribution in [-0.2, 0) is 16.0 Å². The average Bonchev–Trinajstić information content (AvgIpc) is 2.59. The normalized spacial score (nSPS) is 12.8. The van der Waals surface area contributed by atoms with Crippen LogP contribution in [0.3, 0.4) is 0 Å². The second-order valence-corrected chi connectivity index (χ2v) is 7.03. The Hall–Kier alpha value is -1.59. The number of halogens is 1. The number of amides is 2. The summed E-state index contributed by atoms with van der Waals surface area (Å²) in [5, 5.41) is 2.90. The Balaban J connectivity index is 0.00000625. The Bertz CT molecular complexity index is 537. The molecule has 148 valence electrons. The molecule has 1 aromatic rings. The zero-order valence-corrected chi connectivity index (χ0v) is 17.2. The van der Waals surface area contributed by atoms with Crippen LogP contribution in [0.1, 0.15) is 45.6 Å². The zero-order valence-electron chi connectivity index (χ0n) is 16.4. The Labute approximate surface area is 164 Å². The minimum absolute atomic E-state index is 0. The van der Waals surface area contributed by atoms with Crippen molar-refractivity contribution in [3.63, 3.8) is 0 Å². The van der Waals surface area contributed by atoms with Gasteiger partial charge in [0.1, 0.15) is 6.04 Å². The van der Waals surface area contributed by atoms with Crippen molar-refractivity contribution in [3.8, 4) is 0 Å². The molecule has 0 saturated carbocycles. The van der Waals surface area contributed by atoms with Crippen molar-refractivity contribution in [2.45, 2.75) is 58.5 Å². The molecule has 0 fully saturated rings. The highest BCUT2D eigenvalue weighted by atomic mass is 35.5. The minimum Gasteiger partial charge on any atom is -0.344 e. The third-order valence-electron chi connectivity index (χ3n) is 4.45. The van der Waals surface area contributed by atoms with Gasteiger partial charge in [-0.2, -0.15) is 0 Å². The van der Waals surface area contributed by atoms with E-state index in [0.717, 1.165) is 18.4 Å². The van der Waals surface area contributed by atoms with Crippen LogP contribution < -0.4 is 11.1 Å². The lowest BCUT2D eigenvalue weighted by Gasteiger charge is -2.26. The summed E-state index contributed by atoms with van der Waals surface area (Å²) >= 11 is 0. The van der Waals surface area contributed by atoms with Gasteiger partial charge in [0, 0.05) is 19.6 Å². The molecule has 0 aromatic heterocycles. The van der Waals surface area contributed by atoms with E-state index in [1.165, 1.54) is 0 Å². The number of nitrogens with two attached hydrogens (primary N) is 1. The molecule has 0 saturated heterocycles. The summed E-state index contributed by atoms with van der Waals surface area (Å²) in [5.41, 5.74) is 7.00. The molecule has 2 atom stereocenters. The number of nitrogens with one attached hydrogen (secondary N) is 1. The number of carbonyl (C=O) groups excluding carboxylic acids is 2. The molecule has 0 radical (unpaired) electrons. The van der Waals surface area contributed by atoms with Gasteiger partial charge in [-0.3, -0.25) is 9.59 Å². The predicted octanol–water partition coefficient (Wildman–Crippen LogP) is 2.77. The molecule has 26 heavy (non-hydrogen) atoms. The van der Waals surface area contributed by atoms with Crippen LogP contribution in [0.2, 0.25) is 0 Å². The van der Waals surface area contributed by atoms with Gasteiger partial charge in [-0.15, -0.1) is 12.4 Å². The second-order valence-electron chi connectivity index (χ2n) is 7.03. The van der Waals surface area contributed by atoms with Crippen molar-refractivity contribution in [1.29, 1.82) is 0 Å². The van der Waals surface area contributed by atoms with E-state index < -0.39 is 6.04 Å². The first-order chi connectivity index (χ1) is 11.8. The van der Waals surface area contributed by atoms with E-state index in [4.69, 9.17) is 5.73 Å². The molecule has 6 heteroatoms. The Morgan fingerprint density at radius 3 is 2.31 bits per heavy atom. The molecule has 0 aliphatic heterocycles. The third-order valence-corrected chi connectivity index (χ3v) is 4.45. The quantitative estimate of drug-likeness (QED) is 0.652. The summed E-state index contributed by atoms with van der Waals surface area (Å²) < 4.78 is 0. The van der Waals surface area contributed by atoms with Crippen molar-refractivity contribution in [2.75, 3.05) is 13.6 Å². The van der Waals surface area contributed by atoms with Gasteiger partial charge in [0.15, 0.2) is 0 Å². The van der Waals surface area contributed by atoms with Crippen LogP contribution in [0.5, 0.6) is 0 Å². The number of rotatable bonds is 10. The van der Waals surface area contributed by atoms with Gasteiger partial charge >= 0.3 is 0 Å². The summed E-state index contributed by atoms with van der Waals surface area (Å²) in [6.07, 6.45) is 2.52. The molecule has 0 bridgehead atoms. The highest BCUT2D eigenvalue weighted by molar-refractivity contribution is 5.88. The molecule has 3 N–H and O–H groups in total. The van der Waals surface area contributed by atoms with Gasteiger partial charge in [0.25, 0.3) is 0 Å². The first kappa shape index (κ1) is 24.4. The number of benzene rings is 1. The summed E-state index contributed by atoms with van der Waals surface area (Å²) in [5.74, 6) is 0.227. The highest BCUT2D eigenvalue weighted by Gasteiger charge is 2.23. The molecule has 1 aromatic carbocycles. The lowest BCUT2D eigenvalue weighted by atomic mass is 10.0. The zero-order chi connectivity index (χ0) is 18.8. The molecular weight excluding hydrogens is 350 g/mol. The topological polar surface area (TPSA) is 75.4 Å². The highest BCUT2D eigenvalue weighted by Crippen LogP contribution is 2.07. The molecule has 1 rings (SSSR count). The van der Waals surface area contributed by atoms with E-state index in [9.17, 15) is 9.59 Å². The first-order valence-electron chi connectivity index (χ1n) is 9.19. The van der Waals surface area contributed by atoms with Crippen LogP contribution in [-0.4, -0.2) is 42.4 Å². The van der Waals surface area contributed by atoms with Gasteiger partial charge < -0.3 is 16.0 Å². The van der Waals surface area contributed by atoms with Crippen LogP contribution >= 0.6 is 12.4 Å². The monoisotopic (exact) mass is 383 g/mol. The molecule has 2 amide bonds. The number of carbonyl (C=O) groups is 2. The van der Waals surface area contributed by atoms with Gasteiger partial charge in [-0.25, -0.2) is 0 Å². The maximum Gasteiger partial charge on any atom is 0.244 e. The standard InChI is InChI=1S/C20H33N3O2.ClH/c1-5-9-18(20(25)23(4)13-12-17(21)15(2)3)22-19(24)14-16-10-7-6-8-11-16;/h6-8,10-11,15,17-18H,5,9,12-14,21H2,1-4H3,(H,22,24);1H. The number of hydrogen-bond acceptors (Lipinski definition) is 3. The third kappa shape index (κ3) is 8.68. The Morgan fingerprint density at radius 2 is 1.77 bits per heavy atom. The largest absolute Gasteiger partial charge is 0.344 e. The van der Waals surface area contributed by atoms with Crippen LogP contribution in [0.4, 0.5) is 0 Å². The lowest BCUT2D eigenvalue weighted by Crippen LogP contribution is -2.48. The number of nitrogens with zero attached hydrogens (tertiary/aromatic N) is 1. The van der Waals surface area contributed by atoms with Crippen molar-refractivity contribution >= 4 is 24.2 Å². The molecule has 5 nitrogen and oxygen atoms in total. The van der Waals surface area contributed by atoms with Crippen molar-refractivity contribution in [2.24, 2.45) is 11.7 Å². The van der Waals surface area contributed by atoms with Gasteiger partial charge in [0.2, 0.25) is 11.8 Å². The second kappa shape index (κ2) is 12.7. The first-order valence-corrected chi connectivity index (χ1v) is 9.19. The molecule has 0 aliphatic rings. The smallest absolute Gasteiger partial charge is 0.244 e. The number of likely N-dealkylation sites (N-methyl/N-ethyl adjacent to an activating group) is 1. The minimum atomic E-state index is -0.471. The summed E-state index contributed by atoms with van der Waals surface area (Å²) in [6, 6.07) is 9.16. The molecule has 0 heterocycles. The maximum atomic E-state index is 12.7. The fourth-order valence-corrected chi connectivity index (χ4v) is 2.62. The molecule has 0 aliphatic carbocycles. The van der Waals surface area contributed by atoms with Crippen LogP contribution in [0, 0.1) is 5.92 Å². The van der Waals surface area contributed by atoms with Gasteiger partial charge in [0.05, 0.1) is 6.42 Å². The summed E-state index contributed by atoms with van der Waals surface area (Å²) in [6.45, 7) is 6.78. The van der Waals surface area contributed by atoms with E-state index >= 15 is 0 Å². The van der Waals surface area contributed by atoms with Gasteiger partial charge in [-0.05, 0) is 24.3 Å². The van der Waals surface area contributed by atoms with E-state index in [1.807, 2.05) is 37.3 Å². The molecule has 0 spiro atoms. The Kier molecular flexibility index (Phi) is 11.9. The average molecular weight is 384 g/mol. The van der Waals surface area contributed by atoms with Crippen LogP contribution in [0.15, 0.2) is 30.3 Å². The van der Waals surface area contributed by atoms with E-state index in [1.54, 1.807) is 11.9 Å². The van der Waals surface area contributed by atoms with Crippen molar-refractivity contribution < 1.29 is 9.59 Å².